The van der Waals surface area contributed by atoms with Gasteiger partial charge in [-0.25, -0.2) is 14.2 Å². The Balaban J connectivity index is 1.33. The minimum absolute atomic E-state index is 0.0513. The fraction of sp³-hybridized carbons (Fsp3) is 0.292. The van der Waals surface area contributed by atoms with E-state index in [-0.39, 0.29) is 29.4 Å². The Kier molecular flexibility index (Phi) is 5.67. The zero-order valence-corrected chi connectivity index (χ0v) is 19.4. The number of nitrogens with zero attached hydrogens (tertiary/aromatic N) is 5. The van der Waals surface area contributed by atoms with E-state index < -0.39 is 11.7 Å². The zero-order valence-electron chi connectivity index (χ0n) is 19.4. The smallest absolute Gasteiger partial charge is 0.317 e. The van der Waals surface area contributed by atoms with Gasteiger partial charge in [0, 0.05) is 42.1 Å². The van der Waals surface area contributed by atoms with E-state index in [1.165, 1.54) is 12.3 Å². The van der Waals surface area contributed by atoms with Gasteiger partial charge in [-0.3, -0.25) is 9.20 Å². The number of amides is 3. The maximum absolute atomic E-state index is 14.8. The predicted molar refractivity (Wildman–Crippen MR) is 126 cm³/mol. The molecular weight excluding hydrogens is 453 g/mol. The summed E-state index contributed by atoms with van der Waals surface area (Å²) in [7, 11) is 0. The number of carbonyl (C=O) groups is 2. The molecule has 4 heterocycles. The number of aromatic nitrogens is 4. The van der Waals surface area contributed by atoms with Crippen molar-refractivity contribution in [1.82, 2.24) is 29.7 Å². The Morgan fingerprint density at radius 2 is 2.03 bits per heavy atom. The molecule has 0 unspecified atom stereocenters. The number of rotatable bonds is 5. The normalized spacial score (nSPS) is 13.8. The third kappa shape index (κ3) is 4.32. The number of halogens is 1. The Labute approximate surface area is 200 Å². The van der Waals surface area contributed by atoms with Gasteiger partial charge in [0.05, 0.1) is 12.1 Å². The lowest BCUT2D eigenvalue weighted by atomic mass is 10.0. The first-order valence-corrected chi connectivity index (χ1v) is 11.2. The summed E-state index contributed by atoms with van der Waals surface area (Å²) in [5.74, 6) is -0.437. The lowest BCUT2D eigenvalue weighted by Gasteiger charge is -2.37. The lowest BCUT2D eigenvalue weighted by Crippen LogP contribution is -2.53. The number of hydrogen-bond acceptors (Lipinski definition) is 6. The van der Waals surface area contributed by atoms with Crippen molar-refractivity contribution in [2.24, 2.45) is 0 Å². The van der Waals surface area contributed by atoms with E-state index in [4.69, 9.17) is 4.52 Å². The third-order valence-corrected chi connectivity index (χ3v) is 5.87. The minimum Gasteiger partial charge on any atom is -0.339 e. The molecule has 0 bridgehead atoms. The van der Waals surface area contributed by atoms with Gasteiger partial charge < -0.3 is 20.1 Å². The third-order valence-electron chi connectivity index (χ3n) is 5.87. The van der Waals surface area contributed by atoms with E-state index in [1.54, 1.807) is 40.6 Å². The van der Waals surface area contributed by atoms with Crippen molar-refractivity contribution in [3.63, 3.8) is 0 Å². The molecule has 1 aromatic carbocycles. The Morgan fingerprint density at radius 3 is 2.80 bits per heavy atom. The first-order valence-electron chi connectivity index (χ1n) is 11.2. The zero-order chi connectivity index (χ0) is 24.7. The van der Waals surface area contributed by atoms with Crippen LogP contribution < -0.4 is 10.6 Å². The van der Waals surface area contributed by atoms with Crippen LogP contribution in [0, 0.1) is 12.7 Å². The average molecular weight is 478 g/mol. The molecule has 35 heavy (non-hydrogen) atoms. The summed E-state index contributed by atoms with van der Waals surface area (Å²) in [6.45, 7) is 6.30. The highest BCUT2D eigenvalue weighted by Gasteiger charge is 2.36. The van der Waals surface area contributed by atoms with Crippen molar-refractivity contribution in [3.05, 3.63) is 65.7 Å². The summed E-state index contributed by atoms with van der Waals surface area (Å²) >= 11 is 0. The predicted octanol–water partition coefficient (Wildman–Crippen LogP) is 3.60. The maximum Gasteiger partial charge on any atom is 0.317 e. The number of fused-ring (bicyclic) bond motifs is 1. The van der Waals surface area contributed by atoms with Gasteiger partial charge in [-0.1, -0.05) is 11.2 Å². The van der Waals surface area contributed by atoms with E-state index in [9.17, 15) is 14.0 Å². The van der Waals surface area contributed by atoms with Gasteiger partial charge in [-0.2, -0.15) is 4.98 Å². The van der Waals surface area contributed by atoms with Crippen molar-refractivity contribution in [2.45, 2.75) is 32.7 Å². The van der Waals surface area contributed by atoms with Crippen molar-refractivity contribution >= 4 is 23.3 Å². The molecule has 3 amide bonds. The molecule has 4 aromatic rings. The van der Waals surface area contributed by atoms with E-state index in [1.807, 2.05) is 19.9 Å². The number of likely N-dealkylation sites (tertiary alicyclic amines) is 1. The molecule has 0 radical (unpaired) electrons. The number of urea groups is 1. The number of anilines is 1. The fourth-order valence-corrected chi connectivity index (χ4v) is 3.88. The van der Waals surface area contributed by atoms with Crippen molar-refractivity contribution < 1.29 is 18.5 Å². The van der Waals surface area contributed by atoms with Gasteiger partial charge in [0.2, 0.25) is 11.7 Å². The quantitative estimate of drug-likeness (QED) is 0.454. The molecule has 2 N–H and O–H groups in total. The highest BCUT2D eigenvalue weighted by Crippen LogP contribution is 2.30. The summed E-state index contributed by atoms with van der Waals surface area (Å²) in [6.07, 6.45) is 3.20. The van der Waals surface area contributed by atoms with Crippen LogP contribution in [0.2, 0.25) is 0 Å². The minimum atomic E-state index is -0.512. The average Bonchev–Trinajstić information content (AvgIpc) is 3.43. The van der Waals surface area contributed by atoms with Gasteiger partial charge in [0.1, 0.15) is 17.2 Å². The number of hydrogen-bond donors (Lipinski definition) is 2. The summed E-state index contributed by atoms with van der Waals surface area (Å²) in [4.78, 5) is 35.3. The molecule has 5 rings (SSSR count). The van der Waals surface area contributed by atoms with Gasteiger partial charge in [0.25, 0.3) is 5.91 Å². The van der Waals surface area contributed by atoms with Crippen LogP contribution in [0.15, 0.2) is 47.2 Å². The number of nitrogens with one attached hydrogen (secondary N) is 2. The van der Waals surface area contributed by atoms with Crippen molar-refractivity contribution in [3.8, 4) is 11.4 Å². The molecule has 10 nitrogen and oxygen atoms in total. The molecule has 1 saturated heterocycles. The van der Waals surface area contributed by atoms with Gasteiger partial charge >= 0.3 is 6.03 Å². The number of imidazole rings is 1. The van der Waals surface area contributed by atoms with Gasteiger partial charge in [-0.05, 0) is 45.0 Å². The molecule has 1 aliphatic heterocycles. The highest BCUT2D eigenvalue weighted by atomic mass is 19.1. The summed E-state index contributed by atoms with van der Waals surface area (Å²) in [5.41, 5.74) is 1.90. The van der Waals surface area contributed by atoms with Crippen molar-refractivity contribution in [2.75, 3.05) is 18.4 Å². The Bertz CT molecular complexity index is 1420. The second-order valence-electron chi connectivity index (χ2n) is 8.82. The summed E-state index contributed by atoms with van der Waals surface area (Å²) in [5, 5.41) is 9.59. The SMILES string of the molecule is Cc1c(F)cc(-c2noc(C3CN(C(=O)NC(C)C)C3)n2)cc1NC(=O)c1cnc2ccccn12. The summed E-state index contributed by atoms with van der Waals surface area (Å²) in [6, 6.07) is 8.23. The molecule has 0 atom stereocenters. The molecular formula is C24H24FN7O3. The van der Waals surface area contributed by atoms with Crippen LogP contribution in [-0.4, -0.2) is 55.5 Å². The van der Waals surface area contributed by atoms with Crippen LogP contribution >= 0.6 is 0 Å². The first kappa shape index (κ1) is 22.5. The second-order valence-corrected chi connectivity index (χ2v) is 8.82. The molecule has 180 valence electrons. The van der Waals surface area contributed by atoms with E-state index in [0.717, 1.165) is 0 Å². The second kappa shape index (κ2) is 8.82. The largest absolute Gasteiger partial charge is 0.339 e. The summed E-state index contributed by atoms with van der Waals surface area (Å²) < 4.78 is 21.8. The molecule has 0 aliphatic carbocycles. The number of benzene rings is 1. The molecule has 0 saturated carbocycles. The van der Waals surface area contributed by atoms with Crippen LogP contribution in [0.1, 0.15) is 41.7 Å². The fourth-order valence-electron chi connectivity index (χ4n) is 3.88. The van der Waals surface area contributed by atoms with E-state index >= 15 is 0 Å². The standard InChI is InChI=1S/C24H24FN7O3/c1-13(2)27-24(34)31-11-16(12-31)23-29-21(30-35-23)15-8-17(25)14(3)18(9-15)28-22(33)19-10-26-20-6-4-5-7-32(19)20/h4-10,13,16H,11-12H2,1-3H3,(H,27,34)(H,28,33). The van der Waals surface area contributed by atoms with E-state index in [0.29, 0.717) is 41.6 Å². The van der Waals surface area contributed by atoms with Gasteiger partial charge in [-0.15, -0.1) is 0 Å². The van der Waals surface area contributed by atoms with Crippen LogP contribution in [0.4, 0.5) is 14.9 Å². The van der Waals surface area contributed by atoms with Crippen LogP contribution in [0.25, 0.3) is 17.0 Å². The van der Waals surface area contributed by atoms with Gasteiger partial charge in [0.15, 0.2) is 0 Å². The van der Waals surface area contributed by atoms with Crippen LogP contribution in [-0.2, 0) is 0 Å². The first-order chi connectivity index (χ1) is 16.8. The van der Waals surface area contributed by atoms with Crippen LogP contribution in [0.5, 0.6) is 0 Å². The number of pyridine rings is 1. The number of carbonyl (C=O) groups excluding carboxylic acids is 2. The lowest BCUT2D eigenvalue weighted by molar-refractivity contribution is 0.102. The monoisotopic (exact) mass is 477 g/mol. The Morgan fingerprint density at radius 1 is 1.23 bits per heavy atom. The van der Waals surface area contributed by atoms with Crippen molar-refractivity contribution in [1.29, 1.82) is 0 Å². The highest BCUT2D eigenvalue weighted by molar-refractivity contribution is 6.04. The maximum atomic E-state index is 14.8. The Hall–Kier alpha value is -4.28. The molecule has 1 fully saturated rings. The molecule has 3 aromatic heterocycles. The molecule has 0 spiro atoms. The molecule has 1 aliphatic rings. The van der Waals surface area contributed by atoms with Crippen LogP contribution in [0.3, 0.4) is 0 Å². The van der Waals surface area contributed by atoms with E-state index in [2.05, 4.69) is 25.8 Å². The molecule has 11 heteroatoms. The topological polar surface area (TPSA) is 118 Å².